The Bertz CT molecular complexity index is 1490. The SMILES string of the molecule is CCS(=O)(=O)c1cccc(C(=O)Nc2sc3c(c2-c2nc4ccccc4s2)CCN(C(C)C)C3)c1.Cl. The Morgan fingerprint density at radius 2 is 1.92 bits per heavy atom. The number of anilines is 1. The predicted octanol–water partition coefficient (Wildman–Crippen LogP) is 6.26. The third-order valence-corrected chi connectivity index (χ3v) is 10.3. The Labute approximate surface area is 225 Å². The van der Waals surface area contributed by atoms with Crippen LogP contribution in [0.4, 0.5) is 5.00 Å². The predicted molar refractivity (Wildman–Crippen MR) is 152 cm³/mol. The summed E-state index contributed by atoms with van der Waals surface area (Å²) >= 11 is 3.23. The number of halogens is 1. The summed E-state index contributed by atoms with van der Waals surface area (Å²) in [5.41, 5.74) is 3.52. The Kier molecular flexibility index (Phi) is 7.87. The highest BCUT2D eigenvalue weighted by Crippen LogP contribution is 2.46. The first-order valence-corrected chi connectivity index (χ1v) is 14.9. The molecule has 2 aromatic heterocycles. The maximum absolute atomic E-state index is 13.3. The van der Waals surface area contributed by atoms with Gasteiger partial charge in [0, 0.05) is 35.1 Å². The summed E-state index contributed by atoms with van der Waals surface area (Å²) in [6, 6.07) is 14.8. The Hall–Kier alpha value is -2.30. The summed E-state index contributed by atoms with van der Waals surface area (Å²) in [4.78, 5) is 22.0. The molecule has 2 aromatic carbocycles. The second-order valence-corrected chi connectivity index (χ2v) is 13.3. The van der Waals surface area contributed by atoms with E-state index in [0.29, 0.717) is 11.6 Å². The molecule has 0 radical (unpaired) electrons. The van der Waals surface area contributed by atoms with E-state index in [9.17, 15) is 13.2 Å². The Morgan fingerprint density at radius 1 is 1.14 bits per heavy atom. The number of hydrogen-bond acceptors (Lipinski definition) is 7. The van der Waals surface area contributed by atoms with Crippen molar-refractivity contribution in [2.75, 3.05) is 17.6 Å². The van der Waals surface area contributed by atoms with Crippen LogP contribution in [0.15, 0.2) is 53.4 Å². The van der Waals surface area contributed by atoms with Gasteiger partial charge in [-0.1, -0.05) is 25.1 Å². The zero-order valence-corrected chi connectivity index (χ0v) is 23.5. The number of thiophene rings is 1. The number of rotatable bonds is 6. The van der Waals surface area contributed by atoms with Crippen LogP contribution in [0.5, 0.6) is 0 Å². The molecule has 1 N–H and O–H groups in total. The van der Waals surface area contributed by atoms with Gasteiger partial charge in [0.25, 0.3) is 5.91 Å². The summed E-state index contributed by atoms with van der Waals surface area (Å²) in [6.07, 6.45) is 0.898. The van der Waals surface area contributed by atoms with Crippen LogP contribution in [0.25, 0.3) is 20.8 Å². The lowest BCUT2D eigenvalue weighted by Crippen LogP contribution is -2.35. The molecule has 0 unspecified atom stereocenters. The molecule has 1 amide bonds. The first kappa shape index (κ1) is 26.8. The van der Waals surface area contributed by atoms with E-state index < -0.39 is 9.84 Å². The van der Waals surface area contributed by atoms with E-state index in [0.717, 1.165) is 45.3 Å². The van der Waals surface area contributed by atoms with Crippen LogP contribution in [0.2, 0.25) is 0 Å². The molecule has 0 bridgehead atoms. The number of aromatic nitrogens is 1. The monoisotopic (exact) mass is 561 g/mol. The molecular formula is C26H28ClN3O3S3. The van der Waals surface area contributed by atoms with Crippen molar-refractivity contribution in [3.8, 4) is 10.6 Å². The highest BCUT2D eigenvalue weighted by Gasteiger charge is 2.29. The molecule has 0 atom stereocenters. The van der Waals surface area contributed by atoms with Gasteiger partial charge in [-0.3, -0.25) is 9.69 Å². The van der Waals surface area contributed by atoms with Crippen molar-refractivity contribution in [2.45, 2.75) is 44.7 Å². The summed E-state index contributed by atoms with van der Waals surface area (Å²) < 4.78 is 25.8. The minimum Gasteiger partial charge on any atom is -0.313 e. The molecule has 0 saturated carbocycles. The first-order chi connectivity index (χ1) is 16.8. The molecular weight excluding hydrogens is 534 g/mol. The number of amides is 1. The molecule has 0 aliphatic carbocycles. The number of para-hydroxylation sites is 1. The number of nitrogens with one attached hydrogen (secondary N) is 1. The van der Waals surface area contributed by atoms with E-state index in [1.165, 1.54) is 22.6 Å². The number of sulfone groups is 1. The highest BCUT2D eigenvalue weighted by molar-refractivity contribution is 7.91. The number of benzene rings is 2. The normalized spacial score (nSPS) is 14.0. The van der Waals surface area contributed by atoms with E-state index >= 15 is 0 Å². The van der Waals surface area contributed by atoms with Crippen molar-refractivity contribution in [1.82, 2.24) is 9.88 Å². The van der Waals surface area contributed by atoms with Crippen LogP contribution in [0.3, 0.4) is 0 Å². The van der Waals surface area contributed by atoms with Crippen LogP contribution in [-0.2, 0) is 22.8 Å². The van der Waals surface area contributed by atoms with Crippen LogP contribution in [0, 0.1) is 0 Å². The third-order valence-electron chi connectivity index (χ3n) is 6.39. The summed E-state index contributed by atoms with van der Waals surface area (Å²) in [6.45, 7) is 7.81. The maximum atomic E-state index is 13.3. The molecule has 0 fully saturated rings. The number of thiazole rings is 1. The van der Waals surface area contributed by atoms with E-state index in [1.807, 2.05) is 18.2 Å². The second kappa shape index (κ2) is 10.6. The molecule has 0 saturated heterocycles. The fourth-order valence-electron chi connectivity index (χ4n) is 4.33. The van der Waals surface area contributed by atoms with Crippen LogP contribution in [-0.4, -0.2) is 42.5 Å². The van der Waals surface area contributed by atoms with Gasteiger partial charge in [-0.25, -0.2) is 13.4 Å². The molecule has 1 aliphatic rings. The van der Waals surface area contributed by atoms with Gasteiger partial charge in [0.15, 0.2) is 9.84 Å². The molecule has 190 valence electrons. The average Bonchev–Trinajstić information content (AvgIpc) is 3.44. The Balaban J connectivity index is 0.00000304. The fourth-order valence-corrected chi connectivity index (χ4v) is 7.63. The standard InChI is InChI=1S/C26H27N3O3S3.ClH/c1-4-35(31,32)18-9-7-8-17(14-18)24(30)28-26-23(25-27-20-10-5-6-11-21(20)33-25)19-12-13-29(16(2)3)15-22(19)34-26;/h5-11,14,16H,4,12-13,15H2,1-3H3,(H,28,30);1H. The minimum atomic E-state index is -3.40. The van der Waals surface area contributed by atoms with Crippen molar-refractivity contribution in [2.24, 2.45) is 0 Å². The maximum Gasteiger partial charge on any atom is 0.256 e. The van der Waals surface area contributed by atoms with E-state index in [1.54, 1.807) is 41.7 Å². The van der Waals surface area contributed by atoms with Gasteiger partial charge < -0.3 is 5.32 Å². The summed E-state index contributed by atoms with van der Waals surface area (Å²) in [7, 11) is -3.40. The van der Waals surface area contributed by atoms with Crippen molar-refractivity contribution in [3.63, 3.8) is 0 Å². The second-order valence-electron chi connectivity index (χ2n) is 8.89. The van der Waals surface area contributed by atoms with E-state index in [2.05, 4.69) is 30.1 Å². The van der Waals surface area contributed by atoms with E-state index in [4.69, 9.17) is 4.98 Å². The molecule has 4 aromatic rings. The number of nitrogens with zero attached hydrogens (tertiary/aromatic N) is 2. The minimum absolute atomic E-state index is 0. The molecule has 10 heteroatoms. The number of hydrogen-bond donors (Lipinski definition) is 1. The van der Waals surface area contributed by atoms with Gasteiger partial charge in [0.2, 0.25) is 0 Å². The lowest BCUT2D eigenvalue weighted by molar-refractivity contribution is 0.102. The number of carbonyl (C=O) groups is 1. The molecule has 0 spiro atoms. The van der Waals surface area contributed by atoms with Crippen molar-refractivity contribution in [1.29, 1.82) is 0 Å². The summed E-state index contributed by atoms with van der Waals surface area (Å²) in [5.74, 6) is -0.330. The quantitative estimate of drug-likeness (QED) is 0.300. The average molecular weight is 562 g/mol. The van der Waals surface area contributed by atoms with E-state index in [-0.39, 0.29) is 29.0 Å². The zero-order chi connectivity index (χ0) is 24.7. The highest BCUT2D eigenvalue weighted by atomic mass is 35.5. The lowest BCUT2D eigenvalue weighted by Gasteiger charge is -2.30. The molecule has 1 aliphatic heterocycles. The van der Waals surface area contributed by atoms with Gasteiger partial charge in [0.1, 0.15) is 10.0 Å². The zero-order valence-electron chi connectivity index (χ0n) is 20.3. The fraction of sp³-hybridized carbons (Fsp3) is 0.308. The Morgan fingerprint density at radius 3 is 2.64 bits per heavy atom. The van der Waals surface area contributed by atoms with Crippen LogP contribution < -0.4 is 5.32 Å². The van der Waals surface area contributed by atoms with Crippen molar-refractivity contribution >= 4 is 66.0 Å². The molecule has 5 rings (SSSR count). The molecule has 3 heterocycles. The topological polar surface area (TPSA) is 79.4 Å². The smallest absolute Gasteiger partial charge is 0.256 e. The van der Waals surface area contributed by atoms with Gasteiger partial charge in [0.05, 0.1) is 20.9 Å². The van der Waals surface area contributed by atoms with Crippen molar-refractivity contribution < 1.29 is 13.2 Å². The van der Waals surface area contributed by atoms with Crippen molar-refractivity contribution in [3.05, 3.63) is 64.5 Å². The van der Waals surface area contributed by atoms with Crippen LogP contribution >= 0.6 is 35.1 Å². The van der Waals surface area contributed by atoms with Gasteiger partial charge in [-0.05, 0) is 56.2 Å². The molecule has 36 heavy (non-hydrogen) atoms. The largest absolute Gasteiger partial charge is 0.313 e. The van der Waals surface area contributed by atoms with Crippen LogP contribution in [0.1, 0.15) is 41.6 Å². The molecule has 6 nitrogen and oxygen atoms in total. The summed E-state index contributed by atoms with van der Waals surface area (Å²) in [5, 5.41) is 4.77. The van der Waals surface area contributed by atoms with Gasteiger partial charge in [-0.2, -0.15) is 0 Å². The van der Waals surface area contributed by atoms with Gasteiger partial charge >= 0.3 is 0 Å². The lowest BCUT2D eigenvalue weighted by atomic mass is 10.0. The number of carbonyl (C=O) groups excluding carboxylic acids is 1. The first-order valence-electron chi connectivity index (χ1n) is 11.7. The number of fused-ring (bicyclic) bond motifs is 2. The van der Waals surface area contributed by atoms with Gasteiger partial charge in [-0.15, -0.1) is 35.1 Å². The third kappa shape index (κ3) is 5.08.